The normalized spacial score (nSPS) is 19.8. The minimum Gasteiger partial charge on any atom is -0.493 e. The summed E-state index contributed by atoms with van der Waals surface area (Å²) in [5, 5.41) is 13.5. The maximum atomic E-state index is 13.8. The van der Waals surface area contributed by atoms with E-state index in [-0.39, 0.29) is 36.2 Å². The molecule has 35 heavy (non-hydrogen) atoms. The highest BCUT2D eigenvalue weighted by Gasteiger charge is 2.56. The van der Waals surface area contributed by atoms with E-state index in [0.717, 1.165) is 43.1 Å². The quantitative estimate of drug-likeness (QED) is 0.375. The largest absolute Gasteiger partial charge is 0.493 e. The van der Waals surface area contributed by atoms with Crippen LogP contribution in [-0.4, -0.2) is 45.2 Å². The Hall–Kier alpha value is -2.82. The summed E-state index contributed by atoms with van der Waals surface area (Å²) in [6.07, 6.45) is 0.0989. The Kier molecular flexibility index (Phi) is 7.98. The Balaban J connectivity index is 1.79. The van der Waals surface area contributed by atoms with E-state index in [4.69, 9.17) is 14.0 Å². The van der Waals surface area contributed by atoms with Crippen LogP contribution in [0.3, 0.4) is 0 Å². The first-order chi connectivity index (χ1) is 16.4. The Morgan fingerprint density at radius 3 is 2.51 bits per heavy atom. The second kappa shape index (κ2) is 10.4. The predicted octanol–water partition coefficient (Wildman–Crippen LogP) is 6.46. The molecule has 1 aliphatic heterocycles. The summed E-state index contributed by atoms with van der Waals surface area (Å²) in [6, 6.07) is 3.59. The Bertz CT molecular complexity index is 1020. The maximum Gasteiger partial charge on any atom is 0.419 e. The highest BCUT2D eigenvalue weighted by atomic mass is 19.4. The molecule has 1 amide bonds. The second-order valence-corrected chi connectivity index (χ2v) is 9.38. The third-order valence-electron chi connectivity index (χ3n) is 6.12. The molecule has 1 aromatic carbocycles. The van der Waals surface area contributed by atoms with E-state index in [1.165, 1.54) is 12.1 Å². The number of unbranched alkanes of at least 4 members (excludes halogenated alkanes) is 5. The number of benzene rings is 1. The van der Waals surface area contributed by atoms with Gasteiger partial charge in [-0.1, -0.05) is 44.2 Å². The lowest BCUT2D eigenvalue weighted by Crippen LogP contribution is -2.52. The number of rotatable bonds is 10. The number of hydrogen-bond acceptors (Lipinski definition) is 6. The van der Waals surface area contributed by atoms with Crippen molar-refractivity contribution < 1.29 is 37.1 Å². The van der Waals surface area contributed by atoms with Crippen LogP contribution in [0.4, 0.5) is 18.0 Å². The first-order valence-corrected chi connectivity index (χ1v) is 11.8. The molecule has 2 aromatic rings. The molecule has 0 aliphatic carbocycles. The molecule has 1 aromatic heterocycles. The van der Waals surface area contributed by atoms with Gasteiger partial charge >= 0.3 is 12.3 Å². The van der Waals surface area contributed by atoms with E-state index < -0.39 is 29.1 Å². The summed E-state index contributed by atoms with van der Waals surface area (Å²) in [5.74, 6) is -0.421. The zero-order chi connectivity index (χ0) is 25.9. The van der Waals surface area contributed by atoms with Gasteiger partial charge in [-0.25, -0.2) is 4.79 Å². The van der Waals surface area contributed by atoms with E-state index >= 15 is 0 Å². The monoisotopic (exact) mass is 499 g/mol. The number of carboxylic acid groups (broad SMARTS) is 1. The molecular formula is C24H32F3N3O5. The van der Waals surface area contributed by atoms with Gasteiger partial charge in [0.1, 0.15) is 17.0 Å². The lowest BCUT2D eigenvalue weighted by Gasteiger charge is -2.34. The smallest absolute Gasteiger partial charge is 0.419 e. The zero-order valence-electron chi connectivity index (χ0n) is 20.4. The van der Waals surface area contributed by atoms with Crippen molar-refractivity contribution in [3.63, 3.8) is 0 Å². The number of hydrogen-bond donors (Lipinski definition) is 1. The first kappa shape index (κ1) is 26.8. The van der Waals surface area contributed by atoms with Gasteiger partial charge in [-0.2, -0.15) is 18.2 Å². The summed E-state index contributed by atoms with van der Waals surface area (Å²) < 4.78 is 57.6. The molecule has 0 saturated carbocycles. The van der Waals surface area contributed by atoms with E-state index in [0.29, 0.717) is 6.42 Å². The van der Waals surface area contributed by atoms with Gasteiger partial charge in [-0.3, -0.25) is 4.90 Å². The van der Waals surface area contributed by atoms with Gasteiger partial charge in [0.25, 0.3) is 5.89 Å². The number of amides is 1. The van der Waals surface area contributed by atoms with Crippen LogP contribution in [0.1, 0.15) is 77.7 Å². The Labute approximate surface area is 202 Å². The molecule has 3 rings (SSSR count). The van der Waals surface area contributed by atoms with Gasteiger partial charge in [0, 0.05) is 5.56 Å². The molecule has 1 unspecified atom stereocenters. The van der Waals surface area contributed by atoms with Crippen LogP contribution in [-0.2, 0) is 16.5 Å². The molecule has 0 radical (unpaired) electrons. The first-order valence-electron chi connectivity index (χ1n) is 11.8. The van der Waals surface area contributed by atoms with Crippen molar-refractivity contribution in [3.8, 4) is 17.1 Å². The molecule has 1 atom stereocenters. The summed E-state index contributed by atoms with van der Waals surface area (Å²) >= 11 is 0. The fraction of sp³-hybridized carbons (Fsp3) is 0.625. The third kappa shape index (κ3) is 5.88. The van der Waals surface area contributed by atoms with Gasteiger partial charge in [0.15, 0.2) is 0 Å². The van der Waals surface area contributed by atoms with Gasteiger partial charge < -0.3 is 19.1 Å². The van der Waals surface area contributed by atoms with Gasteiger partial charge in [-0.15, -0.1) is 0 Å². The minimum atomic E-state index is -4.64. The summed E-state index contributed by atoms with van der Waals surface area (Å²) in [6.45, 7) is 7.00. The zero-order valence-corrected chi connectivity index (χ0v) is 20.4. The summed E-state index contributed by atoms with van der Waals surface area (Å²) in [7, 11) is 0. The number of aromatic nitrogens is 2. The Morgan fingerprint density at radius 2 is 1.86 bits per heavy atom. The topological polar surface area (TPSA) is 97.9 Å². The van der Waals surface area contributed by atoms with Crippen LogP contribution in [0.2, 0.25) is 0 Å². The SMILES string of the molecule is CCCCCCCCOc1ccc(-c2noc(C3(C)COC(C)(C)N3C(=O)O)n2)cc1C(F)(F)F. The van der Waals surface area contributed by atoms with Crippen molar-refractivity contribution in [2.24, 2.45) is 0 Å². The molecular weight excluding hydrogens is 467 g/mol. The molecule has 1 aliphatic rings. The van der Waals surface area contributed by atoms with Crippen LogP contribution >= 0.6 is 0 Å². The fourth-order valence-electron chi connectivity index (χ4n) is 4.28. The van der Waals surface area contributed by atoms with Crippen LogP contribution < -0.4 is 4.74 Å². The molecule has 1 N–H and O–H groups in total. The number of halogens is 3. The standard InChI is InChI=1S/C24H32F3N3O5/c1-5-6-7-8-9-10-13-33-18-12-11-16(14-17(18)24(25,26)27)19-28-20(35-29-19)23(4)15-34-22(2,3)30(23)21(31)32/h11-12,14H,5-10,13,15H2,1-4H3,(H,31,32). The summed E-state index contributed by atoms with van der Waals surface area (Å²) in [4.78, 5) is 17.1. The average Bonchev–Trinajstić information content (AvgIpc) is 3.36. The van der Waals surface area contributed by atoms with Crippen molar-refractivity contribution in [1.29, 1.82) is 0 Å². The van der Waals surface area contributed by atoms with Crippen molar-refractivity contribution in [3.05, 3.63) is 29.7 Å². The van der Waals surface area contributed by atoms with Crippen molar-refractivity contribution in [2.75, 3.05) is 13.2 Å². The number of alkyl halides is 3. The van der Waals surface area contributed by atoms with Crippen LogP contribution in [0.25, 0.3) is 11.4 Å². The number of nitrogens with zero attached hydrogens (tertiary/aromatic N) is 3. The highest BCUT2D eigenvalue weighted by Crippen LogP contribution is 2.42. The minimum absolute atomic E-state index is 0.0487. The van der Waals surface area contributed by atoms with Gasteiger partial charge in [0.2, 0.25) is 5.82 Å². The van der Waals surface area contributed by atoms with Gasteiger partial charge in [0.05, 0.1) is 18.8 Å². The third-order valence-corrected chi connectivity index (χ3v) is 6.12. The van der Waals surface area contributed by atoms with E-state index in [1.54, 1.807) is 20.8 Å². The molecule has 1 fully saturated rings. The molecule has 2 heterocycles. The maximum absolute atomic E-state index is 13.8. The number of ether oxygens (including phenoxy) is 2. The summed E-state index contributed by atoms with van der Waals surface area (Å²) in [5.41, 5.74) is -3.31. The highest BCUT2D eigenvalue weighted by molar-refractivity contribution is 5.68. The average molecular weight is 500 g/mol. The second-order valence-electron chi connectivity index (χ2n) is 9.38. The molecule has 8 nitrogen and oxygen atoms in total. The van der Waals surface area contributed by atoms with Crippen LogP contribution in [0.5, 0.6) is 5.75 Å². The van der Waals surface area contributed by atoms with Gasteiger partial charge in [-0.05, 0) is 45.4 Å². The fourth-order valence-corrected chi connectivity index (χ4v) is 4.28. The molecule has 11 heteroatoms. The molecule has 0 bridgehead atoms. The Morgan fingerprint density at radius 1 is 1.17 bits per heavy atom. The van der Waals surface area contributed by atoms with E-state index in [2.05, 4.69) is 17.1 Å². The van der Waals surface area contributed by atoms with Crippen molar-refractivity contribution in [1.82, 2.24) is 15.0 Å². The lowest BCUT2D eigenvalue weighted by atomic mass is 10.0. The molecule has 0 spiro atoms. The molecule has 1 saturated heterocycles. The van der Waals surface area contributed by atoms with E-state index in [9.17, 15) is 23.1 Å². The van der Waals surface area contributed by atoms with E-state index in [1.807, 2.05) is 0 Å². The van der Waals surface area contributed by atoms with Crippen LogP contribution in [0, 0.1) is 0 Å². The van der Waals surface area contributed by atoms with Crippen LogP contribution in [0.15, 0.2) is 22.7 Å². The molecule has 194 valence electrons. The predicted molar refractivity (Wildman–Crippen MR) is 121 cm³/mol. The lowest BCUT2D eigenvalue weighted by molar-refractivity contribution is -0.138. The van der Waals surface area contributed by atoms with Crippen molar-refractivity contribution in [2.45, 2.75) is 83.7 Å². The number of carbonyl (C=O) groups is 1. The van der Waals surface area contributed by atoms with Crippen molar-refractivity contribution >= 4 is 6.09 Å².